The van der Waals surface area contributed by atoms with Gasteiger partial charge in [-0.1, -0.05) is 64.1 Å². The maximum Gasteiger partial charge on any atom is 0.303 e. The van der Waals surface area contributed by atoms with Crippen LogP contribution in [0.5, 0.6) is 0 Å². The predicted molar refractivity (Wildman–Crippen MR) is 180 cm³/mol. The van der Waals surface area contributed by atoms with Gasteiger partial charge in [0.1, 0.15) is 11.8 Å². The molecule has 2 heterocycles. The third-order valence-electron chi connectivity index (χ3n) is 9.12. The molecule has 248 valence electrons. The first-order chi connectivity index (χ1) is 22.0. The van der Waals surface area contributed by atoms with E-state index in [0.717, 1.165) is 28.2 Å². The van der Waals surface area contributed by atoms with E-state index in [-0.39, 0.29) is 35.6 Å². The molecular weight excluding hydrogens is 620 g/mol. The highest BCUT2D eigenvalue weighted by Gasteiger charge is 2.43. The lowest BCUT2D eigenvalue weighted by Gasteiger charge is -2.32. The summed E-state index contributed by atoms with van der Waals surface area (Å²) >= 11 is 0. The van der Waals surface area contributed by atoms with Gasteiger partial charge in [0.05, 0.1) is 17.1 Å². The number of para-hydroxylation sites is 2. The van der Waals surface area contributed by atoms with Crippen LogP contribution in [0.15, 0.2) is 88.2 Å². The van der Waals surface area contributed by atoms with Crippen LogP contribution in [-0.2, 0) is 35.3 Å². The number of aliphatic imine (C=N–C) groups is 1. The van der Waals surface area contributed by atoms with Gasteiger partial charge < -0.3 is 20.6 Å². The van der Waals surface area contributed by atoms with Crippen molar-refractivity contribution in [2.24, 2.45) is 4.99 Å². The monoisotopic (exact) mass is 660 g/mol. The summed E-state index contributed by atoms with van der Waals surface area (Å²) in [6, 6.07) is 14.2. The van der Waals surface area contributed by atoms with E-state index in [0.29, 0.717) is 18.6 Å². The van der Waals surface area contributed by atoms with Crippen molar-refractivity contribution in [2.75, 3.05) is 24.2 Å². The molecule has 0 fully saturated rings. The number of nitrogens with zero attached hydrogens (tertiary/aromatic N) is 2. The van der Waals surface area contributed by atoms with Crippen LogP contribution < -0.4 is 15.5 Å². The van der Waals surface area contributed by atoms with Crippen molar-refractivity contribution < 1.29 is 32.5 Å². The number of unbranched alkanes of at least 4 members (excludes halogenated alkanes) is 1. The molecule has 0 bridgehead atoms. The fourth-order valence-electron chi connectivity index (χ4n) is 6.44. The number of fused-ring (bicyclic) bond motifs is 2. The summed E-state index contributed by atoms with van der Waals surface area (Å²) in [7, 11) is -2.72. The van der Waals surface area contributed by atoms with Crippen LogP contribution in [-0.4, -0.2) is 66.8 Å². The van der Waals surface area contributed by atoms with Gasteiger partial charge in [-0.3, -0.25) is 23.9 Å². The summed E-state index contributed by atoms with van der Waals surface area (Å²) in [4.78, 5) is 44.9. The van der Waals surface area contributed by atoms with Gasteiger partial charge in [-0.2, -0.15) is 8.42 Å². The van der Waals surface area contributed by atoms with E-state index < -0.39 is 44.6 Å². The molecule has 2 aromatic rings. The molecular formula is C35H40N4O7S. The van der Waals surface area contributed by atoms with Crippen LogP contribution in [0.25, 0.3) is 0 Å². The number of likely N-dealkylation sites (N-methyl/N-ethyl adjacent to an activating group) is 1. The number of aliphatic carboxylic acids is 1. The van der Waals surface area contributed by atoms with Crippen molar-refractivity contribution in [3.8, 4) is 0 Å². The molecule has 4 N–H and O–H groups in total. The fourth-order valence-corrected chi connectivity index (χ4v) is 7.10. The normalized spacial score (nSPS) is 20.1. The molecule has 1 aliphatic carbocycles. The smallest absolute Gasteiger partial charge is 0.303 e. The van der Waals surface area contributed by atoms with Crippen molar-refractivity contribution >= 4 is 44.9 Å². The zero-order chi connectivity index (χ0) is 34.3. The third kappa shape index (κ3) is 6.66. The van der Waals surface area contributed by atoms with Crippen molar-refractivity contribution in [3.63, 3.8) is 0 Å². The van der Waals surface area contributed by atoms with Gasteiger partial charge >= 0.3 is 5.97 Å². The molecule has 2 aliphatic heterocycles. The summed E-state index contributed by atoms with van der Waals surface area (Å²) in [5, 5.41) is 14.5. The number of nitrogens with one attached hydrogen (secondary N) is 2. The second-order valence-corrected chi connectivity index (χ2v) is 14.6. The lowest BCUT2D eigenvalue weighted by atomic mass is 9.77. The van der Waals surface area contributed by atoms with Crippen LogP contribution >= 0.6 is 0 Å². The Bertz CT molecular complexity index is 1890. The average molecular weight is 661 g/mol. The zero-order valence-corrected chi connectivity index (χ0v) is 27.9. The van der Waals surface area contributed by atoms with Gasteiger partial charge in [-0.25, -0.2) is 0 Å². The van der Waals surface area contributed by atoms with E-state index in [2.05, 4.69) is 24.5 Å². The van der Waals surface area contributed by atoms with Crippen molar-refractivity contribution in [1.29, 1.82) is 0 Å². The number of anilines is 1. The number of Topliss-reactive ketones (excluding diaryl/α,β-unsaturated/α-hetero) is 1. The summed E-state index contributed by atoms with van der Waals surface area (Å²) in [6.45, 7) is 8.22. The third-order valence-corrected chi connectivity index (χ3v) is 9.87. The van der Waals surface area contributed by atoms with E-state index in [1.807, 2.05) is 74.3 Å². The average Bonchev–Trinajstić information content (AvgIpc) is 3.37. The summed E-state index contributed by atoms with van der Waals surface area (Å²) in [5.41, 5.74) is 5.10. The van der Waals surface area contributed by atoms with Crippen molar-refractivity contribution in [1.82, 2.24) is 10.6 Å². The number of amides is 1. The number of carbonyl (C=O) groups is 3. The lowest BCUT2D eigenvalue weighted by molar-refractivity contribution is -0.137. The molecule has 47 heavy (non-hydrogen) atoms. The number of carboxylic acids is 1. The quantitative estimate of drug-likeness (QED) is 0.147. The molecule has 0 radical (unpaired) electrons. The van der Waals surface area contributed by atoms with E-state index in [9.17, 15) is 27.4 Å². The Balaban J connectivity index is 1.55. The minimum Gasteiger partial charge on any atom is -0.481 e. The van der Waals surface area contributed by atoms with E-state index in [1.165, 1.54) is 0 Å². The molecule has 0 saturated carbocycles. The molecule has 1 atom stereocenters. The Labute approximate surface area is 274 Å². The predicted octanol–water partition coefficient (Wildman–Crippen LogP) is 4.34. The zero-order valence-electron chi connectivity index (χ0n) is 27.1. The molecule has 5 rings (SSSR count). The molecule has 11 nitrogen and oxygen atoms in total. The number of benzene rings is 2. The Hall–Kier alpha value is -4.55. The van der Waals surface area contributed by atoms with Gasteiger partial charge in [-0.15, -0.1) is 0 Å². The van der Waals surface area contributed by atoms with Crippen molar-refractivity contribution in [2.45, 2.75) is 63.8 Å². The second kappa shape index (κ2) is 12.6. The Morgan fingerprint density at radius 1 is 0.979 bits per heavy atom. The molecule has 0 spiro atoms. The van der Waals surface area contributed by atoms with Gasteiger partial charge in [0.15, 0.2) is 5.78 Å². The summed E-state index contributed by atoms with van der Waals surface area (Å²) in [6.07, 6.45) is 4.06. The van der Waals surface area contributed by atoms with E-state index in [4.69, 9.17) is 10.1 Å². The molecule has 1 unspecified atom stereocenters. The maximum atomic E-state index is 14.0. The first-order valence-electron chi connectivity index (χ1n) is 15.5. The number of rotatable bonds is 12. The topological polar surface area (TPSA) is 165 Å². The number of ketones is 1. The van der Waals surface area contributed by atoms with Gasteiger partial charge in [0.25, 0.3) is 10.1 Å². The second-order valence-electron chi connectivity index (χ2n) is 13.1. The Morgan fingerprint density at radius 3 is 2.28 bits per heavy atom. The molecule has 1 amide bonds. The first kappa shape index (κ1) is 33.8. The van der Waals surface area contributed by atoms with Crippen LogP contribution in [0, 0.1) is 0 Å². The molecule has 0 saturated heterocycles. The number of allylic oxidation sites excluding steroid dienone is 5. The van der Waals surface area contributed by atoms with Crippen LogP contribution in [0.2, 0.25) is 0 Å². The number of carbonyl (C=O) groups excluding carboxylic acids is 2. The Kier molecular flexibility index (Phi) is 9.04. The minimum absolute atomic E-state index is 0.0669. The van der Waals surface area contributed by atoms with Crippen LogP contribution in [0.4, 0.5) is 11.4 Å². The number of carboxylic acid groups (broad SMARTS) is 1. The fraction of sp³-hybridized carbons (Fsp3) is 0.371. The van der Waals surface area contributed by atoms with Gasteiger partial charge in [0.2, 0.25) is 5.91 Å². The van der Waals surface area contributed by atoms with Crippen LogP contribution in [0.1, 0.15) is 58.1 Å². The molecule has 2 aromatic carbocycles. The first-order valence-corrected chi connectivity index (χ1v) is 17.1. The van der Waals surface area contributed by atoms with Crippen molar-refractivity contribution in [3.05, 3.63) is 94.4 Å². The Morgan fingerprint density at radius 2 is 1.64 bits per heavy atom. The lowest BCUT2D eigenvalue weighted by Crippen LogP contribution is -2.50. The standard InChI is InChI=1S/C35H40N4O7S/c1-34(2)23-12-6-8-14-25(23)37-28(34)18-21-31(38-26(20-47(44,45)46)33(43)36-17-11-10-16-30(40)41)22(32(21)42)19-29-35(3,4)24-13-7-9-15-27(24)39(29)5/h6-9,12-15,18-19,26,38H,10-11,16-17,20H2,1-5H3,(H,36,43)(H,40,41)(H,44,45,46)/b21-18-,29-19+. The highest BCUT2D eigenvalue weighted by atomic mass is 32.2. The largest absolute Gasteiger partial charge is 0.481 e. The van der Waals surface area contributed by atoms with Gasteiger partial charge in [-0.05, 0) is 48.3 Å². The minimum atomic E-state index is -4.63. The highest BCUT2D eigenvalue weighted by Crippen LogP contribution is 2.48. The van der Waals surface area contributed by atoms with E-state index >= 15 is 0 Å². The SMILES string of the molecule is CN1/C(=C/C2=C(NC(CS(=O)(=O)O)C(=O)NCCCCC(=O)O)C(=C/C3=Nc4ccccc4C3(C)C)/C2=O)C(C)(C)c2ccccc21. The van der Waals surface area contributed by atoms with Crippen LogP contribution in [0.3, 0.4) is 0 Å². The molecule has 3 aliphatic rings. The number of hydrogen-bond acceptors (Lipinski definition) is 8. The number of hydrogen-bond donors (Lipinski definition) is 4. The summed E-state index contributed by atoms with van der Waals surface area (Å²) in [5.74, 6) is -2.92. The van der Waals surface area contributed by atoms with E-state index in [1.54, 1.807) is 12.2 Å². The highest BCUT2D eigenvalue weighted by molar-refractivity contribution is 7.85. The molecule has 12 heteroatoms. The maximum absolute atomic E-state index is 14.0. The summed E-state index contributed by atoms with van der Waals surface area (Å²) < 4.78 is 33.9. The van der Waals surface area contributed by atoms with Gasteiger partial charge in [0, 0.05) is 53.4 Å². The molecule has 0 aromatic heterocycles.